The number of hydrogen-bond donors (Lipinski definition) is 1. The second-order valence-corrected chi connectivity index (χ2v) is 6.15. The molecule has 0 saturated carbocycles. The maximum atomic E-state index is 5.72. The SMILES string of the molecule is COc1ccc(-c2c(Nc3nccs3)ccc3c2OCO3)cc1OC. The average Bonchev–Trinajstić information content (AvgIpc) is 3.32. The Kier molecular flexibility index (Phi) is 4.07. The molecule has 1 aliphatic heterocycles. The molecule has 128 valence electrons. The van der Waals surface area contributed by atoms with Crippen LogP contribution >= 0.6 is 11.3 Å². The number of fused-ring (bicyclic) bond motifs is 1. The predicted molar refractivity (Wildman–Crippen MR) is 96.5 cm³/mol. The Morgan fingerprint density at radius 2 is 1.96 bits per heavy atom. The van der Waals surface area contributed by atoms with E-state index in [9.17, 15) is 0 Å². The molecule has 0 bridgehead atoms. The molecular weight excluding hydrogens is 340 g/mol. The van der Waals surface area contributed by atoms with Crippen LogP contribution in [0.3, 0.4) is 0 Å². The average molecular weight is 356 g/mol. The van der Waals surface area contributed by atoms with Gasteiger partial charge < -0.3 is 24.3 Å². The molecule has 0 spiro atoms. The van der Waals surface area contributed by atoms with E-state index >= 15 is 0 Å². The summed E-state index contributed by atoms with van der Waals surface area (Å²) in [5.74, 6) is 2.74. The van der Waals surface area contributed by atoms with E-state index in [4.69, 9.17) is 18.9 Å². The third kappa shape index (κ3) is 2.83. The highest BCUT2D eigenvalue weighted by molar-refractivity contribution is 7.13. The number of anilines is 2. The first-order chi connectivity index (χ1) is 12.3. The van der Waals surface area contributed by atoms with Gasteiger partial charge in [-0.3, -0.25) is 0 Å². The van der Waals surface area contributed by atoms with E-state index in [0.29, 0.717) is 17.2 Å². The normalized spacial score (nSPS) is 12.1. The van der Waals surface area contributed by atoms with Crippen LogP contribution in [-0.4, -0.2) is 26.0 Å². The van der Waals surface area contributed by atoms with Crippen LogP contribution in [0, 0.1) is 0 Å². The van der Waals surface area contributed by atoms with Crippen LogP contribution in [0.15, 0.2) is 41.9 Å². The Morgan fingerprint density at radius 3 is 2.72 bits per heavy atom. The Morgan fingerprint density at radius 1 is 1.08 bits per heavy atom. The Bertz CT molecular complexity index is 896. The Balaban J connectivity index is 1.86. The first-order valence-corrected chi connectivity index (χ1v) is 8.49. The zero-order valence-electron chi connectivity index (χ0n) is 13.7. The summed E-state index contributed by atoms with van der Waals surface area (Å²) >= 11 is 1.53. The van der Waals surface area contributed by atoms with Gasteiger partial charge in [0.25, 0.3) is 0 Å². The molecule has 3 aromatic rings. The lowest BCUT2D eigenvalue weighted by Crippen LogP contribution is -1.97. The smallest absolute Gasteiger partial charge is 0.231 e. The van der Waals surface area contributed by atoms with Gasteiger partial charge in [-0.1, -0.05) is 6.07 Å². The minimum absolute atomic E-state index is 0.205. The molecular formula is C18H16N2O4S. The van der Waals surface area contributed by atoms with Crippen LogP contribution in [0.1, 0.15) is 0 Å². The van der Waals surface area contributed by atoms with Crippen LogP contribution in [0.2, 0.25) is 0 Å². The summed E-state index contributed by atoms with van der Waals surface area (Å²) in [4.78, 5) is 4.29. The fourth-order valence-electron chi connectivity index (χ4n) is 2.76. The van der Waals surface area contributed by atoms with Gasteiger partial charge in [0.1, 0.15) is 0 Å². The number of thiazole rings is 1. The van der Waals surface area contributed by atoms with E-state index in [1.807, 2.05) is 35.7 Å². The van der Waals surface area contributed by atoms with E-state index < -0.39 is 0 Å². The Labute approximate surface area is 148 Å². The molecule has 25 heavy (non-hydrogen) atoms. The molecule has 0 fully saturated rings. The molecule has 6 nitrogen and oxygen atoms in total. The molecule has 1 N–H and O–H groups in total. The molecule has 0 saturated heterocycles. The van der Waals surface area contributed by atoms with Crippen molar-refractivity contribution in [3.63, 3.8) is 0 Å². The van der Waals surface area contributed by atoms with E-state index in [1.54, 1.807) is 20.4 Å². The van der Waals surface area contributed by atoms with Crippen LogP contribution in [0.4, 0.5) is 10.8 Å². The molecule has 1 aliphatic rings. The van der Waals surface area contributed by atoms with Crippen molar-refractivity contribution in [2.45, 2.75) is 0 Å². The van der Waals surface area contributed by atoms with Crippen LogP contribution in [-0.2, 0) is 0 Å². The minimum atomic E-state index is 0.205. The van der Waals surface area contributed by atoms with E-state index in [2.05, 4.69) is 10.3 Å². The van der Waals surface area contributed by atoms with Crippen LogP contribution in [0.25, 0.3) is 11.1 Å². The standard InChI is InChI=1S/C18H16N2O4S/c1-21-13-5-3-11(9-15(13)22-2)16-12(20-18-19-7-8-25-18)4-6-14-17(16)24-10-23-14/h3-9H,10H2,1-2H3,(H,19,20). The lowest BCUT2D eigenvalue weighted by molar-refractivity contribution is 0.174. The predicted octanol–water partition coefficient (Wildman–Crippen LogP) is 4.30. The molecule has 2 heterocycles. The van der Waals surface area contributed by atoms with Crippen molar-refractivity contribution >= 4 is 22.2 Å². The molecule has 2 aromatic carbocycles. The van der Waals surface area contributed by atoms with E-state index in [-0.39, 0.29) is 6.79 Å². The molecule has 0 amide bonds. The zero-order valence-corrected chi connectivity index (χ0v) is 14.6. The first-order valence-electron chi connectivity index (χ1n) is 7.61. The van der Waals surface area contributed by atoms with Crippen molar-refractivity contribution in [3.05, 3.63) is 41.9 Å². The second-order valence-electron chi connectivity index (χ2n) is 5.25. The van der Waals surface area contributed by atoms with Crippen LogP contribution < -0.4 is 24.3 Å². The van der Waals surface area contributed by atoms with Crippen LogP contribution in [0.5, 0.6) is 23.0 Å². The van der Waals surface area contributed by atoms with Gasteiger partial charge in [0.15, 0.2) is 28.1 Å². The van der Waals surface area contributed by atoms with Gasteiger partial charge in [-0.15, -0.1) is 11.3 Å². The first kappa shape index (κ1) is 15.6. The van der Waals surface area contributed by atoms with Gasteiger partial charge in [-0.2, -0.15) is 0 Å². The quantitative estimate of drug-likeness (QED) is 0.735. The van der Waals surface area contributed by atoms with Gasteiger partial charge in [-0.25, -0.2) is 4.98 Å². The summed E-state index contributed by atoms with van der Waals surface area (Å²) in [5, 5.41) is 6.07. The Hall–Kier alpha value is -2.93. The highest BCUT2D eigenvalue weighted by Crippen LogP contribution is 2.48. The molecule has 7 heteroatoms. The van der Waals surface area contributed by atoms with Crippen molar-refractivity contribution in [2.75, 3.05) is 26.3 Å². The number of nitrogens with one attached hydrogen (secondary N) is 1. The summed E-state index contributed by atoms with van der Waals surface area (Å²) < 4.78 is 22.0. The monoisotopic (exact) mass is 356 g/mol. The molecule has 0 radical (unpaired) electrons. The number of benzene rings is 2. The maximum absolute atomic E-state index is 5.72. The van der Waals surface area contributed by atoms with Gasteiger partial charge in [-0.05, 0) is 29.8 Å². The summed E-state index contributed by atoms with van der Waals surface area (Å²) in [6, 6.07) is 9.61. The molecule has 0 unspecified atom stereocenters. The lowest BCUT2D eigenvalue weighted by Gasteiger charge is -2.15. The molecule has 4 rings (SSSR count). The number of hydrogen-bond acceptors (Lipinski definition) is 7. The number of methoxy groups -OCH3 is 2. The highest BCUT2D eigenvalue weighted by atomic mass is 32.1. The number of aromatic nitrogens is 1. The molecule has 0 aliphatic carbocycles. The number of ether oxygens (including phenoxy) is 4. The topological polar surface area (TPSA) is 61.8 Å². The van der Waals surface area contributed by atoms with Gasteiger partial charge in [0, 0.05) is 11.6 Å². The number of rotatable bonds is 5. The number of nitrogens with zero attached hydrogens (tertiary/aromatic N) is 1. The summed E-state index contributed by atoms with van der Waals surface area (Å²) in [6.07, 6.45) is 1.76. The fraction of sp³-hybridized carbons (Fsp3) is 0.167. The van der Waals surface area contributed by atoms with Gasteiger partial charge in [0.2, 0.25) is 6.79 Å². The molecule has 1 aromatic heterocycles. The third-order valence-corrected chi connectivity index (χ3v) is 4.57. The lowest BCUT2D eigenvalue weighted by atomic mass is 10.0. The van der Waals surface area contributed by atoms with Crippen molar-refractivity contribution in [1.82, 2.24) is 4.98 Å². The summed E-state index contributed by atoms with van der Waals surface area (Å²) in [5.41, 5.74) is 2.71. The van der Waals surface area contributed by atoms with Crippen molar-refractivity contribution < 1.29 is 18.9 Å². The fourth-order valence-corrected chi connectivity index (χ4v) is 3.30. The van der Waals surface area contributed by atoms with E-state index in [1.165, 1.54) is 11.3 Å². The largest absolute Gasteiger partial charge is 0.493 e. The van der Waals surface area contributed by atoms with E-state index in [0.717, 1.165) is 27.7 Å². The highest BCUT2D eigenvalue weighted by Gasteiger charge is 2.23. The second kappa shape index (κ2) is 6.52. The van der Waals surface area contributed by atoms with Gasteiger partial charge in [0.05, 0.1) is 25.5 Å². The molecule has 0 atom stereocenters. The maximum Gasteiger partial charge on any atom is 0.231 e. The zero-order chi connectivity index (χ0) is 17.2. The van der Waals surface area contributed by atoms with Crippen molar-refractivity contribution in [2.24, 2.45) is 0 Å². The van der Waals surface area contributed by atoms with Gasteiger partial charge >= 0.3 is 0 Å². The van der Waals surface area contributed by atoms with Crippen molar-refractivity contribution in [3.8, 4) is 34.1 Å². The summed E-state index contributed by atoms with van der Waals surface area (Å²) in [6.45, 7) is 0.205. The minimum Gasteiger partial charge on any atom is -0.493 e. The van der Waals surface area contributed by atoms with Crippen molar-refractivity contribution in [1.29, 1.82) is 0 Å². The third-order valence-electron chi connectivity index (χ3n) is 3.89. The summed E-state index contributed by atoms with van der Waals surface area (Å²) in [7, 11) is 3.23.